The van der Waals surface area contributed by atoms with Crippen molar-refractivity contribution in [1.29, 1.82) is 0 Å². The number of H-pyrrole nitrogens is 1. The van der Waals surface area contributed by atoms with E-state index in [4.69, 9.17) is 5.73 Å². The average Bonchev–Trinajstić information content (AvgIpc) is 2.47. The zero-order chi connectivity index (χ0) is 14.4. The van der Waals surface area contributed by atoms with Crippen molar-refractivity contribution in [2.45, 2.75) is 12.8 Å². The number of hydrogen-bond acceptors (Lipinski definition) is 4. The first-order chi connectivity index (χ1) is 9.70. The van der Waals surface area contributed by atoms with E-state index in [1.165, 1.54) is 6.07 Å². The molecule has 0 unspecified atom stereocenters. The lowest BCUT2D eigenvalue weighted by molar-refractivity contribution is 0.0629. The van der Waals surface area contributed by atoms with E-state index in [2.05, 4.69) is 9.88 Å². The van der Waals surface area contributed by atoms with Crippen molar-refractivity contribution >= 4 is 5.91 Å². The molecule has 2 heterocycles. The van der Waals surface area contributed by atoms with Crippen LogP contribution in [-0.4, -0.2) is 60.0 Å². The van der Waals surface area contributed by atoms with Crippen LogP contribution in [0.4, 0.5) is 0 Å². The summed E-state index contributed by atoms with van der Waals surface area (Å²) in [4.78, 5) is 30.2. The van der Waals surface area contributed by atoms with Crippen LogP contribution < -0.4 is 11.3 Å². The molecular weight excluding hydrogens is 256 g/mol. The van der Waals surface area contributed by atoms with Crippen LogP contribution in [-0.2, 0) is 0 Å². The Morgan fingerprint density at radius 3 is 2.60 bits per heavy atom. The van der Waals surface area contributed by atoms with Gasteiger partial charge in [-0.3, -0.25) is 14.5 Å². The summed E-state index contributed by atoms with van der Waals surface area (Å²) in [5.41, 5.74) is 5.61. The first-order valence-corrected chi connectivity index (χ1v) is 7.12. The maximum atomic E-state index is 12.2. The SMILES string of the molecule is NCCCCN1CCN(C(=O)c2cccc(=O)[nH]2)CC1. The largest absolute Gasteiger partial charge is 0.335 e. The molecule has 0 aromatic carbocycles. The van der Waals surface area contributed by atoms with E-state index in [1.807, 2.05) is 0 Å². The van der Waals surface area contributed by atoms with E-state index in [9.17, 15) is 9.59 Å². The third-order valence-electron chi connectivity index (χ3n) is 3.59. The predicted molar refractivity (Wildman–Crippen MR) is 77.7 cm³/mol. The summed E-state index contributed by atoms with van der Waals surface area (Å²) in [6.45, 7) is 4.96. The quantitative estimate of drug-likeness (QED) is 0.735. The van der Waals surface area contributed by atoms with Crippen molar-refractivity contribution in [3.8, 4) is 0 Å². The van der Waals surface area contributed by atoms with Gasteiger partial charge in [0.2, 0.25) is 5.56 Å². The lowest BCUT2D eigenvalue weighted by Crippen LogP contribution is -2.49. The normalized spacial score (nSPS) is 16.4. The molecule has 0 bridgehead atoms. The smallest absolute Gasteiger partial charge is 0.270 e. The lowest BCUT2D eigenvalue weighted by Gasteiger charge is -2.34. The highest BCUT2D eigenvalue weighted by Crippen LogP contribution is 2.07. The lowest BCUT2D eigenvalue weighted by atomic mass is 10.2. The second-order valence-corrected chi connectivity index (χ2v) is 5.06. The molecule has 1 aliphatic heterocycles. The highest BCUT2D eigenvalue weighted by Gasteiger charge is 2.22. The fourth-order valence-corrected chi connectivity index (χ4v) is 2.40. The van der Waals surface area contributed by atoms with Gasteiger partial charge in [-0.25, -0.2) is 0 Å². The zero-order valence-electron chi connectivity index (χ0n) is 11.7. The topological polar surface area (TPSA) is 82.4 Å². The Hall–Kier alpha value is -1.66. The summed E-state index contributed by atoms with van der Waals surface area (Å²) in [7, 11) is 0. The van der Waals surface area contributed by atoms with Gasteiger partial charge in [0, 0.05) is 32.2 Å². The van der Waals surface area contributed by atoms with Gasteiger partial charge in [0.1, 0.15) is 5.69 Å². The molecule has 0 saturated carbocycles. The van der Waals surface area contributed by atoms with Crippen molar-refractivity contribution in [3.05, 3.63) is 34.2 Å². The summed E-state index contributed by atoms with van der Waals surface area (Å²) in [6.07, 6.45) is 2.15. The number of carbonyl (C=O) groups excluding carboxylic acids is 1. The second kappa shape index (κ2) is 7.21. The molecule has 1 aliphatic rings. The number of pyridine rings is 1. The van der Waals surface area contributed by atoms with Gasteiger partial charge < -0.3 is 15.6 Å². The molecular formula is C14H22N4O2. The first kappa shape index (κ1) is 14.7. The second-order valence-electron chi connectivity index (χ2n) is 5.06. The van der Waals surface area contributed by atoms with Crippen LogP contribution in [0.25, 0.3) is 0 Å². The van der Waals surface area contributed by atoms with Gasteiger partial charge >= 0.3 is 0 Å². The third kappa shape index (κ3) is 3.91. The molecule has 0 atom stereocenters. The van der Waals surface area contributed by atoms with Crippen molar-refractivity contribution in [3.63, 3.8) is 0 Å². The summed E-state index contributed by atoms with van der Waals surface area (Å²) < 4.78 is 0. The van der Waals surface area contributed by atoms with E-state index in [-0.39, 0.29) is 11.5 Å². The number of aromatic nitrogens is 1. The molecule has 3 N–H and O–H groups in total. The van der Waals surface area contributed by atoms with Gasteiger partial charge in [0.15, 0.2) is 0 Å². The summed E-state index contributed by atoms with van der Waals surface area (Å²) in [6, 6.07) is 4.67. The van der Waals surface area contributed by atoms with Crippen LogP contribution in [0.15, 0.2) is 23.0 Å². The van der Waals surface area contributed by atoms with E-state index in [1.54, 1.807) is 17.0 Å². The van der Waals surface area contributed by atoms with Gasteiger partial charge in [0.25, 0.3) is 5.91 Å². The van der Waals surface area contributed by atoms with Crippen molar-refractivity contribution in [1.82, 2.24) is 14.8 Å². The van der Waals surface area contributed by atoms with E-state index in [0.29, 0.717) is 18.8 Å². The van der Waals surface area contributed by atoms with Gasteiger partial charge in [0.05, 0.1) is 0 Å². The minimum Gasteiger partial charge on any atom is -0.335 e. The van der Waals surface area contributed by atoms with Crippen molar-refractivity contribution in [2.24, 2.45) is 5.73 Å². The Bertz CT molecular complexity index is 492. The summed E-state index contributed by atoms with van der Waals surface area (Å²) in [5.74, 6) is -0.0932. The number of aromatic amines is 1. The number of nitrogens with two attached hydrogens (primary N) is 1. The third-order valence-corrected chi connectivity index (χ3v) is 3.59. The molecule has 1 amide bonds. The molecule has 6 heteroatoms. The van der Waals surface area contributed by atoms with Crippen molar-refractivity contribution in [2.75, 3.05) is 39.3 Å². The first-order valence-electron chi connectivity index (χ1n) is 7.12. The molecule has 0 radical (unpaired) electrons. The Balaban J connectivity index is 1.84. The minimum atomic E-state index is -0.240. The highest BCUT2D eigenvalue weighted by molar-refractivity contribution is 5.92. The molecule has 1 aromatic rings. The molecule has 1 aromatic heterocycles. The van der Waals surface area contributed by atoms with Gasteiger partial charge in [-0.05, 0) is 32.0 Å². The Morgan fingerprint density at radius 1 is 1.20 bits per heavy atom. The number of nitrogens with zero attached hydrogens (tertiary/aromatic N) is 2. The average molecular weight is 278 g/mol. The molecule has 2 rings (SSSR count). The number of piperazine rings is 1. The van der Waals surface area contributed by atoms with Crippen LogP contribution in [0.2, 0.25) is 0 Å². The van der Waals surface area contributed by atoms with Gasteiger partial charge in [-0.15, -0.1) is 0 Å². The van der Waals surface area contributed by atoms with Crippen LogP contribution in [0.3, 0.4) is 0 Å². The predicted octanol–water partition coefficient (Wildman–Crippen LogP) is -0.128. The monoisotopic (exact) mass is 278 g/mol. The van der Waals surface area contributed by atoms with Crippen LogP contribution >= 0.6 is 0 Å². The van der Waals surface area contributed by atoms with Crippen molar-refractivity contribution < 1.29 is 4.79 Å². The van der Waals surface area contributed by atoms with E-state index in [0.717, 1.165) is 39.0 Å². The molecule has 110 valence electrons. The van der Waals surface area contributed by atoms with E-state index < -0.39 is 0 Å². The van der Waals surface area contributed by atoms with Crippen LogP contribution in [0.1, 0.15) is 23.3 Å². The molecule has 20 heavy (non-hydrogen) atoms. The number of carbonyl (C=O) groups is 1. The summed E-state index contributed by atoms with van der Waals surface area (Å²) in [5, 5.41) is 0. The van der Waals surface area contributed by atoms with Crippen LogP contribution in [0, 0.1) is 0 Å². The number of amides is 1. The van der Waals surface area contributed by atoms with Gasteiger partial charge in [-0.1, -0.05) is 6.07 Å². The fourth-order valence-electron chi connectivity index (χ4n) is 2.40. The molecule has 1 fully saturated rings. The zero-order valence-corrected chi connectivity index (χ0v) is 11.7. The number of unbranched alkanes of at least 4 members (excludes halogenated alkanes) is 1. The maximum absolute atomic E-state index is 12.2. The molecule has 0 spiro atoms. The van der Waals surface area contributed by atoms with Gasteiger partial charge in [-0.2, -0.15) is 0 Å². The Kier molecular flexibility index (Phi) is 5.31. The maximum Gasteiger partial charge on any atom is 0.270 e. The Labute approximate surface area is 118 Å². The number of rotatable bonds is 5. The molecule has 6 nitrogen and oxygen atoms in total. The van der Waals surface area contributed by atoms with Crippen LogP contribution in [0.5, 0.6) is 0 Å². The Morgan fingerprint density at radius 2 is 1.95 bits per heavy atom. The minimum absolute atomic E-state index is 0.0932. The summed E-state index contributed by atoms with van der Waals surface area (Å²) >= 11 is 0. The highest BCUT2D eigenvalue weighted by atomic mass is 16.2. The number of hydrogen-bond donors (Lipinski definition) is 2. The van der Waals surface area contributed by atoms with E-state index >= 15 is 0 Å². The molecule has 0 aliphatic carbocycles. The standard InChI is InChI=1S/C14H22N4O2/c15-6-1-2-7-17-8-10-18(11-9-17)14(20)12-4-3-5-13(19)16-12/h3-5H,1-2,6-11,15H2,(H,16,19). The fraction of sp³-hybridized carbons (Fsp3) is 0.571. The molecule has 1 saturated heterocycles. The number of nitrogens with one attached hydrogen (secondary N) is 1.